The van der Waals surface area contributed by atoms with Gasteiger partial charge in [0.1, 0.15) is 0 Å². The zero-order chi connectivity index (χ0) is 12.2. The Morgan fingerprint density at radius 2 is 2.00 bits per heavy atom. The molecule has 7 nitrogen and oxygen atoms in total. The van der Waals surface area contributed by atoms with Gasteiger partial charge in [-0.2, -0.15) is 5.21 Å². The Balaban J connectivity index is 1.67. The predicted molar refractivity (Wildman–Crippen MR) is 64.3 cm³/mol. The molecule has 0 unspecified atom stereocenters. The van der Waals surface area contributed by atoms with E-state index in [2.05, 4.69) is 35.9 Å². The summed E-state index contributed by atoms with van der Waals surface area (Å²) in [4.78, 5) is 8.85. The third kappa shape index (κ3) is 2.30. The number of hydrogen-bond acceptors (Lipinski definition) is 6. The Bertz CT molecular complexity index is 635. The van der Waals surface area contributed by atoms with Crippen molar-refractivity contribution in [1.29, 1.82) is 0 Å². The predicted octanol–water partition coefficient (Wildman–Crippen LogP) is 0.433. The fourth-order valence-corrected chi connectivity index (χ4v) is 1.64. The van der Waals surface area contributed by atoms with E-state index in [9.17, 15) is 0 Å². The number of benzene rings is 1. The summed E-state index contributed by atoms with van der Waals surface area (Å²) in [6.45, 7) is 1.16. The van der Waals surface area contributed by atoms with E-state index in [4.69, 9.17) is 0 Å². The third-order valence-electron chi connectivity index (χ3n) is 2.48. The minimum atomic E-state index is 0.547. The SMILES string of the molecule is c1ccc2nc(CNCc3nn[nH]n3)cnc2c1. The smallest absolute Gasteiger partial charge is 0.188 e. The van der Waals surface area contributed by atoms with Crippen molar-refractivity contribution < 1.29 is 0 Å². The van der Waals surface area contributed by atoms with Gasteiger partial charge in [0.25, 0.3) is 0 Å². The van der Waals surface area contributed by atoms with Gasteiger partial charge in [0.15, 0.2) is 5.82 Å². The topological polar surface area (TPSA) is 92.3 Å². The summed E-state index contributed by atoms with van der Waals surface area (Å²) in [5.41, 5.74) is 2.69. The highest BCUT2D eigenvalue weighted by Crippen LogP contribution is 2.08. The Labute approximate surface area is 103 Å². The van der Waals surface area contributed by atoms with E-state index < -0.39 is 0 Å². The van der Waals surface area contributed by atoms with Crippen molar-refractivity contribution in [2.45, 2.75) is 13.1 Å². The molecule has 0 amide bonds. The van der Waals surface area contributed by atoms with E-state index in [0.29, 0.717) is 18.9 Å². The van der Waals surface area contributed by atoms with Gasteiger partial charge in [-0.3, -0.25) is 4.98 Å². The molecule has 0 fully saturated rings. The highest BCUT2D eigenvalue weighted by molar-refractivity contribution is 5.73. The summed E-state index contributed by atoms with van der Waals surface area (Å²) in [5, 5.41) is 16.8. The lowest BCUT2D eigenvalue weighted by Crippen LogP contribution is -2.15. The Morgan fingerprint density at radius 1 is 1.11 bits per heavy atom. The van der Waals surface area contributed by atoms with Crippen molar-refractivity contribution in [3.63, 3.8) is 0 Å². The minimum absolute atomic E-state index is 0.547. The van der Waals surface area contributed by atoms with Gasteiger partial charge in [-0.1, -0.05) is 17.3 Å². The zero-order valence-corrected chi connectivity index (χ0v) is 9.54. The van der Waals surface area contributed by atoms with Crippen LogP contribution in [0.4, 0.5) is 0 Å². The molecule has 2 heterocycles. The van der Waals surface area contributed by atoms with Gasteiger partial charge < -0.3 is 5.32 Å². The first kappa shape index (κ1) is 10.7. The number of nitrogens with one attached hydrogen (secondary N) is 2. The van der Waals surface area contributed by atoms with E-state index in [1.807, 2.05) is 24.3 Å². The van der Waals surface area contributed by atoms with Gasteiger partial charge >= 0.3 is 0 Å². The minimum Gasteiger partial charge on any atom is -0.304 e. The maximum atomic E-state index is 4.50. The molecule has 0 aliphatic rings. The molecule has 2 aromatic heterocycles. The lowest BCUT2D eigenvalue weighted by molar-refractivity contribution is 0.652. The number of para-hydroxylation sites is 2. The monoisotopic (exact) mass is 241 g/mol. The number of tetrazole rings is 1. The van der Waals surface area contributed by atoms with Crippen LogP contribution in [0.5, 0.6) is 0 Å². The first-order valence-corrected chi connectivity index (χ1v) is 5.55. The van der Waals surface area contributed by atoms with Crippen LogP contribution >= 0.6 is 0 Å². The van der Waals surface area contributed by atoms with Crippen LogP contribution in [0.3, 0.4) is 0 Å². The second kappa shape index (κ2) is 4.84. The number of H-pyrrole nitrogens is 1. The van der Waals surface area contributed by atoms with Crippen molar-refractivity contribution in [3.8, 4) is 0 Å². The Hall–Kier alpha value is -2.41. The molecule has 18 heavy (non-hydrogen) atoms. The lowest BCUT2D eigenvalue weighted by atomic mass is 10.3. The van der Waals surface area contributed by atoms with Crippen LogP contribution in [0.1, 0.15) is 11.5 Å². The molecule has 90 valence electrons. The van der Waals surface area contributed by atoms with Crippen LogP contribution < -0.4 is 5.32 Å². The van der Waals surface area contributed by atoms with Gasteiger partial charge in [-0.25, -0.2) is 4.98 Å². The van der Waals surface area contributed by atoms with E-state index in [-0.39, 0.29) is 0 Å². The van der Waals surface area contributed by atoms with E-state index in [1.54, 1.807) is 6.20 Å². The molecular weight excluding hydrogens is 230 g/mol. The second-order valence-electron chi connectivity index (χ2n) is 3.78. The number of aromatic amines is 1. The molecule has 0 saturated carbocycles. The van der Waals surface area contributed by atoms with Crippen molar-refractivity contribution in [3.05, 3.63) is 42.0 Å². The number of aromatic nitrogens is 6. The van der Waals surface area contributed by atoms with Gasteiger partial charge in [0.2, 0.25) is 0 Å². The van der Waals surface area contributed by atoms with E-state index in [0.717, 1.165) is 16.7 Å². The van der Waals surface area contributed by atoms with Crippen LogP contribution in [0.15, 0.2) is 30.5 Å². The van der Waals surface area contributed by atoms with Crippen LogP contribution in [-0.2, 0) is 13.1 Å². The molecule has 3 aromatic rings. The van der Waals surface area contributed by atoms with Crippen LogP contribution in [-0.4, -0.2) is 30.6 Å². The molecule has 0 bridgehead atoms. The number of rotatable bonds is 4. The van der Waals surface area contributed by atoms with Gasteiger partial charge in [0, 0.05) is 6.54 Å². The number of nitrogens with zero attached hydrogens (tertiary/aromatic N) is 5. The molecule has 0 aliphatic carbocycles. The normalized spacial score (nSPS) is 10.9. The summed E-state index contributed by atoms with van der Waals surface area (Å²) in [7, 11) is 0. The average molecular weight is 241 g/mol. The summed E-state index contributed by atoms with van der Waals surface area (Å²) in [5.74, 6) is 0.628. The van der Waals surface area contributed by atoms with Crippen LogP contribution in [0.25, 0.3) is 11.0 Å². The largest absolute Gasteiger partial charge is 0.304 e. The fraction of sp³-hybridized carbons (Fsp3) is 0.182. The molecule has 0 saturated heterocycles. The fourth-order valence-electron chi connectivity index (χ4n) is 1.64. The molecule has 0 aliphatic heterocycles. The quantitative estimate of drug-likeness (QED) is 0.688. The number of hydrogen-bond donors (Lipinski definition) is 2. The van der Waals surface area contributed by atoms with Crippen molar-refractivity contribution >= 4 is 11.0 Å². The molecule has 1 aromatic carbocycles. The first-order valence-electron chi connectivity index (χ1n) is 5.55. The maximum absolute atomic E-state index is 4.50. The van der Waals surface area contributed by atoms with Crippen LogP contribution in [0.2, 0.25) is 0 Å². The molecule has 7 heteroatoms. The van der Waals surface area contributed by atoms with Gasteiger partial charge in [0.05, 0.1) is 29.5 Å². The maximum Gasteiger partial charge on any atom is 0.188 e. The highest BCUT2D eigenvalue weighted by atomic mass is 15.5. The van der Waals surface area contributed by atoms with Gasteiger partial charge in [-0.05, 0) is 12.1 Å². The molecule has 0 atom stereocenters. The summed E-state index contributed by atoms with van der Waals surface area (Å²) in [6, 6.07) is 7.79. The lowest BCUT2D eigenvalue weighted by Gasteiger charge is -2.02. The Morgan fingerprint density at radius 3 is 2.83 bits per heavy atom. The standard InChI is InChI=1S/C11H11N7/c1-2-4-10-9(3-1)13-6-8(14-10)5-12-7-11-15-17-18-16-11/h1-4,6,12H,5,7H2,(H,15,16,17,18). The third-order valence-corrected chi connectivity index (χ3v) is 2.48. The molecule has 0 radical (unpaired) electrons. The highest BCUT2D eigenvalue weighted by Gasteiger charge is 2.00. The number of fused-ring (bicyclic) bond motifs is 1. The van der Waals surface area contributed by atoms with Crippen molar-refractivity contribution in [1.82, 2.24) is 35.9 Å². The summed E-state index contributed by atoms with van der Waals surface area (Å²) < 4.78 is 0. The van der Waals surface area contributed by atoms with Crippen LogP contribution in [0, 0.1) is 0 Å². The zero-order valence-electron chi connectivity index (χ0n) is 9.54. The van der Waals surface area contributed by atoms with Gasteiger partial charge in [-0.15, -0.1) is 10.2 Å². The second-order valence-corrected chi connectivity index (χ2v) is 3.78. The summed E-state index contributed by atoms with van der Waals surface area (Å²) >= 11 is 0. The average Bonchev–Trinajstić information content (AvgIpc) is 2.92. The first-order chi connectivity index (χ1) is 8.92. The van der Waals surface area contributed by atoms with Crippen molar-refractivity contribution in [2.24, 2.45) is 0 Å². The molecule has 0 spiro atoms. The van der Waals surface area contributed by atoms with E-state index in [1.165, 1.54) is 0 Å². The Kier molecular flexibility index (Phi) is 2.89. The van der Waals surface area contributed by atoms with Crippen molar-refractivity contribution in [2.75, 3.05) is 0 Å². The molecular formula is C11H11N7. The summed E-state index contributed by atoms with van der Waals surface area (Å²) in [6.07, 6.45) is 1.77. The van der Waals surface area contributed by atoms with E-state index >= 15 is 0 Å². The molecule has 3 rings (SSSR count). The molecule has 2 N–H and O–H groups in total.